The van der Waals surface area contributed by atoms with Crippen LogP contribution in [0.3, 0.4) is 0 Å². The molecule has 0 bridgehead atoms. The Morgan fingerprint density at radius 3 is 1.20 bits per heavy atom. The first-order chi connectivity index (χ1) is 19.1. The molecule has 0 unspecified atom stereocenters. The second-order valence-electron chi connectivity index (χ2n) is 10.3. The zero-order chi connectivity index (χ0) is 28.8. The van der Waals surface area contributed by atoms with E-state index in [9.17, 15) is 8.78 Å². The molecule has 5 heteroatoms. The molecular weight excluding hydrogens is 594 g/mol. The van der Waals surface area contributed by atoms with Crippen LogP contribution in [0.4, 0.5) is 8.78 Å². The van der Waals surface area contributed by atoms with E-state index in [0.29, 0.717) is 0 Å². The predicted octanol–water partition coefficient (Wildman–Crippen LogP) is 9.51. The normalized spacial score (nSPS) is 10.4. The zero-order valence-corrected chi connectivity index (χ0v) is 26.3. The van der Waals surface area contributed by atoms with Gasteiger partial charge >= 0.3 is 26.2 Å². The quantitative estimate of drug-likeness (QED) is 0.192. The van der Waals surface area contributed by atoms with Gasteiger partial charge in [0.05, 0.1) is 0 Å². The fourth-order valence-electron chi connectivity index (χ4n) is 4.58. The van der Waals surface area contributed by atoms with Gasteiger partial charge in [0, 0.05) is 0 Å². The Morgan fingerprint density at radius 2 is 0.878 bits per heavy atom. The minimum atomic E-state index is -0.576. The Bertz CT molecular complexity index is 1500. The summed E-state index contributed by atoms with van der Waals surface area (Å²) in [5, 5.41) is 22.6. The number of fused-ring (bicyclic) bond motifs is 2. The topological polar surface area (TPSA) is 40.5 Å². The number of hydrogen-bond acceptors (Lipinski definition) is 2. The summed E-state index contributed by atoms with van der Waals surface area (Å²) in [7, 11) is 0. The monoisotopic (exact) mass is 626 g/mol. The van der Waals surface area contributed by atoms with Crippen LogP contribution in [0.15, 0.2) is 97.1 Å². The molecule has 0 aromatic heterocycles. The van der Waals surface area contributed by atoms with Gasteiger partial charge in [0.15, 0.2) is 23.1 Å². The summed E-state index contributed by atoms with van der Waals surface area (Å²) in [6.45, 7) is 8.78. The van der Waals surface area contributed by atoms with Gasteiger partial charge in [-0.25, -0.2) is 8.78 Å². The van der Waals surface area contributed by atoms with E-state index in [2.05, 4.69) is 76.2 Å². The average molecular weight is 628 g/mol. The van der Waals surface area contributed by atoms with Crippen LogP contribution in [0.1, 0.15) is 33.4 Å². The maximum Gasteiger partial charge on any atom is 2.00 e. The van der Waals surface area contributed by atoms with Gasteiger partial charge in [0.25, 0.3) is 0 Å². The molecule has 6 rings (SSSR count). The van der Waals surface area contributed by atoms with Crippen molar-refractivity contribution in [1.82, 2.24) is 0 Å². The number of phenols is 2. The largest absolute Gasteiger partial charge is 2.00 e. The molecule has 6 aromatic rings. The van der Waals surface area contributed by atoms with E-state index < -0.39 is 11.6 Å². The van der Waals surface area contributed by atoms with Gasteiger partial charge in [0.2, 0.25) is 0 Å². The molecule has 0 aliphatic rings. The minimum Gasteiger partial charge on any atom is -0.505 e. The Balaban J connectivity index is 0.000000223. The Kier molecular flexibility index (Phi) is 11.2. The van der Waals surface area contributed by atoms with Gasteiger partial charge in [-0.1, -0.05) is 46.5 Å². The molecule has 0 atom stereocenters. The molecule has 0 aliphatic heterocycles. The molecular formula is C36H34F2O2Zr. The molecule has 0 spiro atoms. The Labute approximate surface area is 259 Å². The summed E-state index contributed by atoms with van der Waals surface area (Å²) in [6, 6.07) is 29.9. The molecule has 0 heterocycles. The van der Waals surface area contributed by atoms with E-state index in [1.165, 1.54) is 91.3 Å². The van der Waals surface area contributed by atoms with Crippen LogP contribution >= 0.6 is 0 Å². The van der Waals surface area contributed by atoms with E-state index in [4.69, 9.17) is 10.2 Å². The third-order valence-electron chi connectivity index (χ3n) is 7.17. The molecule has 0 saturated carbocycles. The molecule has 0 aliphatic carbocycles. The average Bonchev–Trinajstić information content (AvgIpc) is 3.50. The van der Waals surface area contributed by atoms with Crippen LogP contribution < -0.4 is 0 Å². The molecule has 0 fully saturated rings. The van der Waals surface area contributed by atoms with E-state index in [1.807, 2.05) is 0 Å². The van der Waals surface area contributed by atoms with Crippen LogP contribution in [-0.2, 0) is 39.0 Å². The van der Waals surface area contributed by atoms with Gasteiger partial charge in [-0.15, -0.1) is 69.1 Å². The van der Waals surface area contributed by atoms with Crippen molar-refractivity contribution in [1.29, 1.82) is 0 Å². The first-order valence-corrected chi connectivity index (χ1v) is 13.3. The first-order valence-electron chi connectivity index (χ1n) is 13.3. The predicted molar refractivity (Wildman–Crippen MR) is 162 cm³/mol. The van der Waals surface area contributed by atoms with Crippen LogP contribution in [0.2, 0.25) is 0 Å². The number of benzene rings is 4. The van der Waals surface area contributed by atoms with Crippen molar-refractivity contribution in [3.8, 4) is 11.5 Å². The van der Waals surface area contributed by atoms with Gasteiger partial charge < -0.3 is 10.2 Å². The van der Waals surface area contributed by atoms with Crippen LogP contribution in [0.25, 0.3) is 21.5 Å². The molecule has 0 saturated heterocycles. The summed E-state index contributed by atoms with van der Waals surface area (Å²) in [6.07, 6.45) is 2.22. The molecule has 41 heavy (non-hydrogen) atoms. The first kappa shape index (κ1) is 32.0. The van der Waals surface area contributed by atoms with Gasteiger partial charge in [-0.2, -0.15) is 12.1 Å². The second-order valence-corrected chi connectivity index (χ2v) is 10.3. The maximum absolute atomic E-state index is 12.1. The standard InChI is InChI=1S/C24H24.2C6H5FO.Zr/c1-15-7-21-11-19(12-22(21)8-16(15)2)5-6-20-13-23-9-17(3)18(4)10-24(23)14-20;2*7-5-3-1-2-4-6(5)8;/h7-14H,5-6H2,1-4H3;2*1-4,8H;/q-2;;;+2. The number of aryl methyl sites for hydroxylation is 6. The van der Waals surface area contributed by atoms with E-state index in [-0.39, 0.29) is 37.7 Å². The van der Waals surface area contributed by atoms with Crippen LogP contribution in [0, 0.1) is 39.3 Å². The van der Waals surface area contributed by atoms with Crippen molar-refractivity contribution < 1.29 is 45.2 Å². The van der Waals surface area contributed by atoms with Gasteiger partial charge in [-0.3, -0.25) is 0 Å². The van der Waals surface area contributed by atoms with Crippen molar-refractivity contribution in [2.75, 3.05) is 0 Å². The van der Waals surface area contributed by atoms with Crippen molar-refractivity contribution in [3.05, 3.63) is 142 Å². The third-order valence-corrected chi connectivity index (χ3v) is 7.17. The Hall–Kier alpha value is -3.56. The van der Waals surface area contributed by atoms with Crippen LogP contribution in [0.5, 0.6) is 11.5 Å². The molecule has 0 radical (unpaired) electrons. The minimum absolute atomic E-state index is 0. The smallest absolute Gasteiger partial charge is 0.505 e. The van der Waals surface area contributed by atoms with E-state index in [1.54, 1.807) is 12.1 Å². The summed E-state index contributed by atoms with van der Waals surface area (Å²) in [5.41, 5.74) is 8.43. The number of para-hydroxylation sites is 2. The van der Waals surface area contributed by atoms with Gasteiger partial charge in [0.1, 0.15) is 0 Å². The number of aromatic hydroxyl groups is 2. The van der Waals surface area contributed by atoms with E-state index in [0.717, 1.165) is 12.8 Å². The van der Waals surface area contributed by atoms with Crippen molar-refractivity contribution in [2.45, 2.75) is 40.5 Å². The van der Waals surface area contributed by atoms with Gasteiger partial charge in [-0.05, 0) is 64.8 Å². The van der Waals surface area contributed by atoms with E-state index >= 15 is 0 Å². The summed E-state index contributed by atoms with van der Waals surface area (Å²) >= 11 is 0. The second kappa shape index (κ2) is 14.4. The zero-order valence-electron chi connectivity index (χ0n) is 23.8. The molecule has 2 nitrogen and oxygen atoms in total. The van der Waals surface area contributed by atoms with Crippen molar-refractivity contribution in [2.24, 2.45) is 0 Å². The summed E-state index contributed by atoms with van der Waals surface area (Å²) < 4.78 is 24.1. The molecule has 2 N–H and O–H groups in total. The number of phenolic OH excluding ortho intramolecular Hbond substituents is 2. The fraction of sp³-hybridized carbons (Fsp3) is 0.167. The van der Waals surface area contributed by atoms with Crippen LogP contribution in [-0.4, -0.2) is 10.2 Å². The Morgan fingerprint density at radius 1 is 0.537 bits per heavy atom. The number of halogens is 2. The maximum atomic E-state index is 12.1. The molecule has 208 valence electrons. The summed E-state index contributed by atoms with van der Waals surface area (Å²) in [5.74, 6) is -1.75. The number of rotatable bonds is 3. The summed E-state index contributed by atoms with van der Waals surface area (Å²) in [4.78, 5) is 0. The number of hydrogen-bond donors (Lipinski definition) is 2. The fourth-order valence-corrected chi connectivity index (χ4v) is 4.58. The van der Waals surface area contributed by atoms with Crippen molar-refractivity contribution in [3.63, 3.8) is 0 Å². The molecule has 6 aromatic carbocycles. The SMILES string of the molecule is Cc1cc2cc(CCc3cc4cc(C)c(C)cc4[cH-]3)[cH-]c2cc1C.Oc1ccccc1F.Oc1ccccc1F.[Zr+2]. The molecule has 0 amide bonds. The third kappa shape index (κ3) is 8.47. The van der Waals surface area contributed by atoms with Crippen molar-refractivity contribution >= 4 is 21.5 Å².